The minimum Gasteiger partial charge on any atom is -0.353 e. The van der Waals surface area contributed by atoms with Crippen LogP contribution < -0.4 is 5.32 Å². The molecule has 0 unspecified atom stereocenters. The number of carbonyl (C=O) groups is 2. The molecule has 1 aromatic rings. The normalized spacial score (nSPS) is 16.9. The van der Waals surface area contributed by atoms with Crippen LogP contribution in [0.3, 0.4) is 0 Å². The highest BCUT2D eigenvalue weighted by atomic mass is 16.2. The Bertz CT molecular complexity index is 445. The lowest BCUT2D eigenvalue weighted by molar-refractivity contribution is -0.139. The summed E-state index contributed by atoms with van der Waals surface area (Å²) in [5.74, 6) is -0.122. The van der Waals surface area contributed by atoms with E-state index in [0.29, 0.717) is 13.1 Å². The molecule has 1 fully saturated rings. The highest BCUT2D eigenvalue weighted by Gasteiger charge is 2.28. The quantitative estimate of drug-likeness (QED) is 0.892. The van der Waals surface area contributed by atoms with Crippen LogP contribution in [0.25, 0.3) is 0 Å². The van der Waals surface area contributed by atoms with E-state index in [-0.39, 0.29) is 24.3 Å². The van der Waals surface area contributed by atoms with Crippen molar-refractivity contribution in [1.29, 1.82) is 0 Å². The standard InChI is InChI=1S/C15H20N2O2/c1-2-6-13(12-7-4-3-5-8-12)15(19)17-10-9-16-14(18)11-17/h3-5,7-8,13H,2,6,9-11H2,1H3,(H,16,18)/t13-/m1/s1. The summed E-state index contributed by atoms with van der Waals surface area (Å²) in [6.07, 6.45) is 1.77. The first-order valence-electron chi connectivity index (χ1n) is 6.82. The molecule has 1 heterocycles. The molecule has 1 saturated heterocycles. The lowest BCUT2D eigenvalue weighted by atomic mass is 9.93. The van der Waals surface area contributed by atoms with E-state index in [9.17, 15) is 9.59 Å². The van der Waals surface area contributed by atoms with Gasteiger partial charge in [0.25, 0.3) is 0 Å². The summed E-state index contributed by atoms with van der Waals surface area (Å²) in [6, 6.07) is 9.83. The van der Waals surface area contributed by atoms with E-state index in [1.54, 1.807) is 4.90 Å². The maximum absolute atomic E-state index is 12.6. The smallest absolute Gasteiger partial charge is 0.239 e. The molecule has 1 aliphatic heterocycles. The number of benzene rings is 1. The van der Waals surface area contributed by atoms with Crippen LogP contribution in [0.1, 0.15) is 31.2 Å². The Hall–Kier alpha value is -1.84. The number of carbonyl (C=O) groups excluding carboxylic acids is 2. The van der Waals surface area contributed by atoms with Crippen LogP contribution in [0, 0.1) is 0 Å². The van der Waals surface area contributed by atoms with Gasteiger partial charge in [-0.25, -0.2) is 0 Å². The molecule has 2 amide bonds. The van der Waals surface area contributed by atoms with Crippen molar-refractivity contribution in [2.45, 2.75) is 25.7 Å². The minimum absolute atomic E-state index is 0.0667. The van der Waals surface area contributed by atoms with Crippen molar-refractivity contribution < 1.29 is 9.59 Å². The number of hydrogen-bond acceptors (Lipinski definition) is 2. The zero-order valence-corrected chi connectivity index (χ0v) is 11.3. The summed E-state index contributed by atoms with van der Waals surface area (Å²) in [6.45, 7) is 3.42. The van der Waals surface area contributed by atoms with Crippen molar-refractivity contribution in [2.24, 2.45) is 0 Å². The Balaban J connectivity index is 2.14. The summed E-state index contributed by atoms with van der Waals surface area (Å²) in [5, 5.41) is 2.74. The fraction of sp³-hybridized carbons (Fsp3) is 0.467. The van der Waals surface area contributed by atoms with E-state index >= 15 is 0 Å². The molecule has 0 saturated carbocycles. The lowest BCUT2D eigenvalue weighted by Crippen LogP contribution is -2.51. The third-order valence-corrected chi connectivity index (χ3v) is 3.43. The highest BCUT2D eigenvalue weighted by Crippen LogP contribution is 2.23. The number of hydrogen-bond donors (Lipinski definition) is 1. The molecule has 4 nitrogen and oxygen atoms in total. The maximum Gasteiger partial charge on any atom is 0.239 e. The Labute approximate surface area is 113 Å². The van der Waals surface area contributed by atoms with Crippen molar-refractivity contribution in [3.63, 3.8) is 0 Å². The molecule has 2 rings (SSSR count). The molecule has 4 heteroatoms. The zero-order valence-electron chi connectivity index (χ0n) is 11.3. The minimum atomic E-state index is -0.128. The average molecular weight is 260 g/mol. The Morgan fingerprint density at radius 3 is 2.74 bits per heavy atom. The van der Waals surface area contributed by atoms with Crippen molar-refractivity contribution in [2.75, 3.05) is 19.6 Å². The van der Waals surface area contributed by atoms with E-state index < -0.39 is 0 Å². The summed E-state index contributed by atoms with van der Waals surface area (Å²) < 4.78 is 0. The second kappa shape index (κ2) is 6.36. The summed E-state index contributed by atoms with van der Waals surface area (Å²) in [4.78, 5) is 25.6. The molecule has 0 bridgehead atoms. The van der Waals surface area contributed by atoms with Gasteiger partial charge in [0.05, 0.1) is 12.5 Å². The lowest BCUT2D eigenvalue weighted by Gasteiger charge is -2.30. The molecular weight excluding hydrogens is 240 g/mol. The SMILES string of the molecule is CCC[C@@H](C(=O)N1CCNC(=O)C1)c1ccccc1. The molecule has 19 heavy (non-hydrogen) atoms. The van der Waals surface area contributed by atoms with Crippen LogP contribution in [-0.4, -0.2) is 36.3 Å². The third-order valence-electron chi connectivity index (χ3n) is 3.43. The zero-order chi connectivity index (χ0) is 13.7. The van der Waals surface area contributed by atoms with Crippen LogP contribution in [0.4, 0.5) is 0 Å². The van der Waals surface area contributed by atoms with Gasteiger partial charge in [-0.15, -0.1) is 0 Å². The number of piperazine rings is 1. The Morgan fingerprint density at radius 1 is 1.37 bits per heavy atom. The van der Waals surface area contributed by atoms with Crippen molar-refractivity contribution in [3.05, 3.63) is 35.9 Å². The first-order chi connectivity index (χ1) is 9.22. The third kappa shape index (κ3) is 3.34. The van der Waals surface area contributed by atoms with Gasteiger partial charge in [0, 0.05) is 13.1 Å². The summed E-state index contributed by atoms with van der Waals surface area (Å²) in [7, 11) is 0. The van der Waals surface area contributed by atoms with Crippen molar-refractivity contribution in [1.82, 2.24) is 10.2 Å². The van der Waals surface area contributed by atoms with Crippen molar-refractivity contribution >= 4 is 11.8 Å². The number of amides is 2. The van der Waals surface area contributed by atoms with Crippen LogP contribution in [0.15, 0.2) is 30.3 Å². The highest BCUT2D eigenvalue weighted by molar-refractivity contribution is 5.89. The van der Waals surface area contributed by atoms with Gasteiger partial charge in [-0.2, -0.15) is 0 Å². The molecule has 0 radical (unpaired) electrons. The van der Waals surface area contributed by atoms with E-state index in [0.717, 1.165) is 18.4 Å². The van der Waals surface area contributed by atoms with E-state index in [2.05, 4.69) is 12.2 Å². The Morgan fingerprint density at radius 2 is 2.11 bits per heavy atom. The molecule has 0 aliphatic carbocycles. The first kappa shape index (κ1) is 13.6. The van der Waals surface area contributed by atoms with E-state index in [1.807, 2.05) is 30.3 Å². The first-order valence-corrected chi connectivity index (χ1v) is 6.82. The van der Waals surface area contributed by atoms with Gasteiger partial charge < -0.3 is 10.2 Å². The van der Waals surface area contributed by atoms with Crippen molar-refractivity contribution in [3.8, 4) is 0 Å². The van der Waals surface area contributed by atoms with Gasteiger partial charge in [-0.1, -0.05) is 43.7 Å². The van der Waals surface area contributed by atoms with Gasteiger partial charge in [-0.3, -0.25) is 9.59 Å². The average Bonchev–Trinajstić information content (AvgIpc) is 2.45. The number of rotatable bonds is 4. The second-order valence-electron chi connectivity index (χ2n) is 4.86. The van der Waals surface area contributed by atoms with Gasteiger partial charge in [0.2, 0.25) is 11.8 Å². The summed E-state index contributed by atoms with van der Waals surface area (Å²) in [5.41, 5.74) is 1.04. The molecule has 0 spiro atoms. The van der Waals surface area contributed by atoms with Crippen LogP contribution >= 0.6 is 0 Å². The van der Waals surface area contributed by atoms with Crippen LogP contribution in [0.2, 0.25) is 0 Å². The molecule has 1 atom stereocenters. The molecule has 1 aliphatic rings. The Kier molecular flexibility index (Phi) is 4.55. The fourth-order valence-corrected chi connectivity index (χ4v) is 2.45. The monoisotopic (exact) mass is 260 g/mol. The van der Waals surface area contributed by atoms with E-state index in [4.69, 9.17) is 0 Å². The van der Waals surface area contributed by atoms with E-state index in [1.165, 1.54) is 0 Å². The van der Waals surface area contributed by atoms with Gasteiger partial charge in [0.15, 0.2) is 0 Å². The maximum atomic E-state index is 12.6. The van der Waals surface area contributed by atoms with Crippen LogP contribution in [-0.2, 0) is 9.59 Å². The van der Waals surface area contributed by atoms with Crippen LogP contribution in [0.5, 0.6) is 0 Å². The fourth-order valence-electron chi connectivity index (χ4n) is 2.45. The number of nitrogens with one attached hydrogen (secondary N) is 1. The van der Waals surface area contributed by atoms with Gasteiger partial charge >= 0.3 is 0 Å². The molecular formula is C15H20N2O2. The number of nitrogens with zero attached hydrogens (tertiary/aromatic N) is 1. The molecule has 0 aromatic heterocycles. The topological polar surface area (TPSA) is 49.4 Å². The van der Waals surface area contributed by atoms with Gasteiger partial charge in [0.1, 0.15) is 0 Å². The molecule has 102 valence electrons. The largest absolute Gasteiger partial charge is 0.353 e. The summed E-state index contributed by atoms with van der Waals surface area (Å²) >= 11 is 0. The molecule has 1 aromatic carbocycles. The molecule has 1 N–H and O–H groups in total. The predicted molar refractivity (Wildman–Crippen MR) is 73.7 cm³/mol. The van der Waals surface area contributed by atoms with Gasteiger partial charge in [-0.05, 0) is 12.0 Å². The predicted octanol–water partition coefficient (Wildman–Crippen LogP) is 1.53. The second-order valence-corrected chi connectivity index (χ2v) is 4.86.